The molecule has 3 rings (SSSR count). The molecule has 0 atom stereocenters. The lowest BCUT2D eigenvalue weighted by Crippen LogP contribution is -1.68. The van der Waals surface area contributed by atoms with E-state index in [2.05, 4.69) is 60.7 Å². The Morgan fingerprint density at radius 2 is 1.29 bits per heavy atom. The molecule has 0 nitrogen and oxygen atoms in total. The summed E-state index contributed by atoms with van der Waals surface area (Å²) in [7, 11) is 0. The van der Waals surface area contributed by atoms with E-state index in [9.17, 15) is 0 Å². The van der Waals surface area contributed by atoms with Gasteiger partial charge in [-0.2, -0.15) is 0 Å². The molecule has 0 spiro atoms. The van der Waals surface area contributed by atoms with Gasteiger partial charge in [0.15, 0.2) is 0 Å². The molecule has 1 heterocycles. The van der Waals surface area contributed by atoms with Gasteiger partial charge >= 0.3 is 0 Å². The molecule has 0 saturated heterocycles. The first-order valence-electron chi connectivity index (χ1n) is 5.56. The summed E-state index contributed by atoms with van der Waals surface area (Å²) in [6.45, 7) is 0. The highest BCUT2D eigenvalue weighted by Crippen LogP contribution is 2.33. The van der Waals surface area contributed by atoms with E-state index in [0.29, 0.717) is 0 Å². The Hall–Kier alpha value is -1.86. The average molecular weight is 235 g/mol. The molecule has 0 aliphatic carbocycles. The van der Waals surface area contributed by atoms with Crippen molar-refractivity contribution in [1.29, 1.82) is 0 Å². The van der Waals surface area contributed by atoms with Crippen molar-refractivity contribution < 1.29 is 0 Å². The Kier molecular flexibility index (Phi) is 2.76. The zero-order chi connectivity index (χ0) is 11.5. The first kappa shape index (κ1) is 10.3. The largest absolute Gasteiger partial charge is 0.135 e. The number of rotatable bonds is 2. The molecule has 0 aliphatic heterocycles. The monoisotopic (exact) mass is 235 g/mol. The van der Waals surface area contributed by atoms with Crippen LogP contribution in [-0.2, 0) is 0 Å². The van der Waals surface area contributed by atoms with Crippen LogP contribution < -0.4 is 0 Å². The van der Waals surface area contributed by atoms with Crippen molar-refractivity contribution in [1.82, 2.24) is 0 Å². The van der Waals surface area contributed by atoms with Gasteiger partial charge in [-0.25, -0.2) is 0 Å². The fraction of sp³-hybridized carbons (Fsp3) is 0. The fourth-order valence-electron chi connectivity index (χ4n) is 1.78. The van der Waals surface area contributed by atoms with Gasteiger partial charge in [0, 0.05) is 15.8 Å². The third kappa shape index (κ3) is 2.15. The first-order valence-corrected chi connectivity index (χ1v) is 6.37. The highest BCUT2D eigenvalue weighted by molar-refractivity contribution is 7.18. The summed E-state index contributed by atoms with van der Waals surface area (Å²) in [5.74, 6) is 0. The van der Waals surface area contributed by atoms with Gasteiger partial charge in [0.05, 0.1) is 0 Å². The average Bonchev–Trinajstić information content (AvgIpc) is 2.90. The summed E-state index contributed by atoms with van der Waals surface area (Å²) in [5.41, 5.74) is 2.50. The highest BCUT2D eigenvalue weighted by Gasteiger charge is 2.04. The number of hydrogen-bond donors (Lipinski definition) is 0. The molecule has 17 heavy (non-hydrogen) atoms. The van der Waals surface area contributed by atoms with Gasteiger partial charge in [-0.3, -0.25) is 0 Å². The molecule has 0 aliphatic rings. The number of thiophene rings is 1. The molecule has 1 heteroatoms. The minimum absolute atomic E-state index is 1.20. The lowest BCUT2D eigenvalue weighted by Gasteiger charge is -1.96. The predicted octanol–water partition coefficient (Wildman–Crippen LogP) is 4.88. The van der Waals surface area contributed by atoms with Crippen LogP contribution in [0.4, 0.5) is 0 Å². The molecule has 1 radical (unpaired) electrons. The molecule has 0 bridgehead atoms. The summed E-state index contributed by atoms with van der Waals surface area (Å²) in [5, 5.41) is 0. The maximum absolute atomic E-state index is 3.34. The lowest BCUT2D eigenvalue weighted by atomic mass is 10.2. The Labute approximate surface area is 105 Å². The van der Waals surface area contributed by atoms with Crippen molar-refractivity contribution in [2.75, 3.05) is 0 Å². The summed E-state index contributed by atoms with van der Waals surface area (Å²) in [6, 6.07) is 26.3. The summed E-state index contributed by atoms with van der Waals surface area (Å²) >= 11 is 1.78. The fourth-order valence-corrected chi connectivity index (χ4v) is 2.74. The van der Waals surface area contributed by atoms with Gasteiger partial charge in [-0.05, 0) is 17.2 Å². The van der Waals surface area contributed by atoms with Crippen molar-refractivity contribution >= 4 is 11.3 Å². The van der Waals surface area contributed by atoms with Crippen LogP contribution in [0.2, 0.25) is 0 Å². The Bertz CT molecular complexity index is 540. The normalized spacial score (nSPS) is 10.4. The van der Waals surface area contributed by atoms with Crippen LogP contribution in [0.25, 0.3) is 20.9 Å². The van der Waals surface area contributed by atoms with Crippen LogP contribution in [-0.4, -0.2) is 0 Å². The smallest absolute Gasteiger partial charge is 0.0428 e. The number of hydrogen-bond acceptors (Lipinski definition) is 1. The van der Waals surface area contributed by atoms with E-state index < -0.39 is 0 Å². The van der Waals surface area contributed by atoms with Gasteiger partial charge in [0.1, 0.15) is 0 Å². The molecule has 2 aromatic carbocycles. The van der Waals surface area contributed by atoms with Crippen LogP contribution in [0.3, 0.4) is 0 Å². The molecular weight excluding hydrogens is 224 g/mol. The third-order valence-electron chi connectivity index (χ3n) is 2.64. The molecule has 0 fully saturated rings. The highest BCUT2D eigenvalue weighted by atomic mass is 32.1. The zero-order valence-electron chi connectivity index (χ0n) is 9.26. The molecule has 0 unspecified atom stereocenters. The molecule has 81 valence electrons. The minimum atomic E-state index is 1.20. The van der Waals surface area contributed by atoms with E-state index in [1.807, 2.05) is 12.1 Å². The SMILES string of the molecule is [c]1cc(-c2ccccc2)sc1-c1ccccc1. The second-order valence-electron chi connectivity index (χ2n) is 3.82. The van der Waals surface area contributed by atoms with Crippen molar-refractivity contribution in [3.8, 4) is 20.9 Å². The van der Waals surface area contributed by atoms with E-state index >= 15 is 0 Å². The standard InChI is InChI=1S/C16H11S/c1-3-7-13(8-4-1)15-11-12-16(17-15)14-9-5-2-6-10-14/h1-11H. The quantitative estimate of drug-likeness (QED) is 0.593. The van der Waals surface area contributed by atoms with Gasteiger partial charge < -0.3 is 0 Å². The Morgan fingerprint density at radius 1 is 0.706 bits per heavy atom. The maximum Gasteiger partial charge on any atom is 0.0428 e. The molecule has 1 aromatic heterocycles. The van der Waals surface area contributed by atoms with Gasteiger partial charge in [0.2, 0.25) is 0 Å². The van der Waals surface area contributed by atoms with E-state index in [0.717, 1.165) is 0 Å². The minimum Gasteiger partial charge on any atom is -0.135 e. The van der Waals surface area contributed by atoms with Gasteiger partial charge in [-0.15, -0.1) is 11.3 Å². The molecule has 0 N–H and O–H groups in total. The topological polar surface area (TPSA) is 0 Å². The van der Waals surface area contributed by atoms with E-state index in [-0.39, 0.29) is 0 Å². The molecule has 0 amide bonds. The molecule has 3 aromatic rings. The lowest BCUT2D eigenvalue weighted by molar-refractivity contribution is 1.69. The van der Waals surface area contributed by atoms with E-state index in [4.69, 9.17) is 0 Å². The van der Waals surface area contributed by atoms with Crippen molar-refractivity contribution in [3.63, 3.8) is 0 Å². The zero-order valence-corrected chi connectivity index (χ0v) is 10.1. The predicted molar refractivity (Wildman–Crippen MR) is 74.0 cm³/mol. The van der Waals surface area contributed by atoms with Crippen molar-refractivity contribution in [2.45, 2.75) is 0 Å². The molecule has 0 saturated carbocycles. The van der Waals surface area contributed by atoms with Crippen molar-refractivity contribution in [2.24, 2.45) is 0 Å². The van der Waals surface area contributed by atoms with Crippen LogP contribution in [0.5, 0.6) is 0 Å². The first-order chi connectivity index (χ1) is 8.43. The summed E-state index contributed by atoms with van der Waals surface area (Å²) in [4.78, 5) is 2.47. The van der Waals surface area contributed by atoms with Gasteiger partial charge in [0.25, 0.3) is 0 Å². The summed E-state index contributed by atoms with van der Waals surface area (Å²) in [6.07, 6.45) is 0. The van der Waals surface area contributed by atoms with Crippen LogP contribution in [0.1, 0.15) is 0 Å². The summed E-state index contributed by atoms with van der Waals surface area (Å²) < 4.78 is 0. The Morgan fingerprint density at radius 3 is 1.94 bits per heavy atom. The number of benzene rings is 2. The van der Waals surface area contributed by atoms with Crippen LogP contribution >= 0.6 is 11.3 Å². The maximum atomic E-state index is 3.34. The van der Waals surface area contributed by atoms with Crippen LogP contribution in [0.15, 0.2) is 66.7 Å². The second kappa shape index (κ2) is 4.56. The Balaban J connectivity index is 1.99. The van der Waals surface area contributed by atoms with E-state index in [1.165, 1.54) is 20.9 Å². The van der Waals surface area contributed by atoms with Gasteiger partial charge in [-0.1, -0.05) is 60.7 Å². The van der Waals surface area contributed by atoms with E-state index in [1.54, 1.807) is 11.3 Å². The van der Waals surface area contributed by atoms with Crippen molar-refractivity contribution in [3.05, 3.63) is 72.8 Å². The third-order valence-corrected chi connectivity index (χ3v) is 3.77. The molecular formula is C16H11S. The second-order valence-corrected chi connectivity index (χ2v) is 4.87. The van der Waals surface area contributed by atoms with Crippen LogP contribution in [0, 0.1) is 6.07 Å².